The summed E-state index contributed by atoms with van der Waals surface area (Å²) in [5.74, 6) is 1.84. The van der Waals surface area contributed by atoms with E-state index in [-0.39, 0.29) is 0 Å². The molecular weight excluding hydrogens is 280 g/mol. The lowest BCUT2D eigenvalue weighted by Crippen LogP contribution is -1.99. The quantitative estimate of drug-likeness (QED) is 0.810. The van der Waals surface area contributed by atoms with E-state index in [2.05, 4.69) is 31.0 Å². The van der Waals surface area contributed by atoms with Crippen LogP contribution in [0.5, 0.6) is 5.75 Å². The minimum Gasteiger partial charge on any atom is -0.486 e. The molecule has 1 aromatic carbocycles. The highest BCUT2D eigenvalue weighted by molar-refractivity contribution is 7.12. The molecule has 1 saturated carbocycles. The van der Waals surface area contributed by atoms with E-state index in [4.69, 9.17) is 4.74 Å². The molecule has 1 aliphatic carbocycles. The molecule has 1 aromatic heterocycles. The Bertz CT molecular complexity index is 680. The summed E-state index contributed by atoms with van der Waals surface area (Å²) in [6.45, 7) is 4.75. The average Bonchev–Trinajstić information content (AvgIpc) is 3.25. The molecule has 0 saturated heterocycles. The maximum absolute atomic E-state index is 9.19. The van der Waals surface area contributed by atoms with Crippen molar-refractivity contribution in [3.63, 3.8) is 0 Å². The Morgan fingerprint density at radius 3 is 2.81 bits per heavy atom. The third-order valence-corrected chi connectivity index (χ3v) is 4.60. The second kappa shape index (κ2) is 5.87. The molecule has 21 heavy (non-hydrogen) atoms. The second-order valence-electron chi connectivity index (χ2n) is 5.69. The predicted molar refractivity (Wildman–Crippen MR) is 83.7 cm³/mol. The van der Waals surface area contributed by atoms with Gasteiger partial charge in [-0.2, -0.15) is 5.26 Å². The zero-order chi connectivity index (χ0) is 14.8. The molecule has 1 aliphatic rings. The van der Waals surface area contributed by atoms with E-state index < -0.39 is 0 Å². The van der Waals surface area contributed by atoms with Gasteiger partial charge >= 0.3 is 0 Å². The van der Waals surface area contributed by atoms with Crippen LogP contribution in [-0.2, 0) is 6.61 Å². The van der Waals surface area contributed by atoms with Gasteiger partial charge in [-0.05, 0) is 30.4 Å². The molecule has 1 fully saturated rings. The van der Waals surface area contributed by atoms with Crippen LogP contribution in [0.15, 0.2) is 24.3 Å². The number of aromatic nitrogens is 1. The van der Waals surface area contributed by atoms with Crippen molar-refractivity contribution < 1.29 is 4.74 Å². The number of benzene rings is 1. The van der Waals surface area contributed by atoms with E-state index in [1.54, 1.807) is 0 Å². The summed E-state index contributed by atoms with van der Waals surface area (Å²) in [5, 5.41) is 10.1. The molecule has 0 amide bonds. The predicted octanol–water partition coefficient (Wildman–Crippen LogP) is 4.59. The van der Waals surface area contributed by atoms with Crippen LogP contribution in [0.25, 0.3) is 0 Å². The number of nitrogens with zero attached hydrogens (tertiary/aromatic N) is 2. The van der Waals surface area contributed by atoms with Crippen molar-refractivity contribution >= 4 is 11.3 Å². The van der Waals surface area contributed by atoms with Gasteiger partial charge in [0.15, 0.2) is 0 Å². The fourth-order valence-corrected chi connectivity index (χ4v) is 3.24. The number of para-hydroxylation sites is 1. The number of nitriles is 1. The molecule has 3 nitrogen and oxygen atoms in total. The number of ether oxygens (including phenoxy) is 1. The Kier molecular flexibility index (Phi) is 3.94. The molecule has 3 rings (SSSR count). The van der Waals surface area contributed by atoms with Gasteiger partial charge in [-0.25, -0.2) is 4.98 Å². The van der Waals surface area contributed by atoms with E-state index in [9.17, 15) is 5.26 Å². The van der Waals surface area contributed by atoms with Crippen LogP contribution in [0.2, 0.25) is 0 Å². The fraction of sp³-hybridized carbons (Fsp3) is 0.412. The molecule has 0 unspecified atom stereocenters. The normalized spacial score (nSPS) is 14.2. The maximum atomic E-state index is 9.19. The van der Waals surface area contributed by atoms with Gasteiger partial charge in [0, 0.05) is 5.92 Å². The van der Waals surface area contributed by atoms with Gasteiger partial charge in [0.25, 0.3) is 0 Å². The van der Waals surface area contributed by atoms with Crippen LogP contribution in [0.3, 0.4) is 0 Å². The van der Waals surface area contributed by atoms with E-state index in [0.717, 1.165) is 34.2 Å². The molecular formula is C17H18N2OS. The zero-order valence-electron chi connectivity index (χ0n) is 12.3. The molecule has 2 aromatic rings. The summed E-state index contributed by atoms with van der Waals surface area (Å²) < 4.78 is 5.94. The largest absolute Gasteiger partial charge is 0.486 e. The first-order valence-corrected chi connectivity index (χ1v) is 8.12. The summed E-state index contributed by atoms with van der Waals surface area (Å²) in [5.41, 5.74) is 2.19. The van der Waals surface area contributed by atoms with Crippen LogP contribution >= 0.6 is 11.3 Å². The van der Waals surface area contributed by atoms with Gasteiger partial charge in [-0.1, -0.05) is 32.0 Å². The maximum Gasteiger partial charge on any atom is 0.140 e. The minimum absolute atomic E-state index is 0.425. The summed E-state index contributed by atoms with van der Waals surface area (Å²) in [7, 11) is 0. The number of rotatable bonds is 5. The summed E-state index contributed by atoms with van der Waals surface area (Å²) in [6.07, 6.45) is 2.32. The molecule has 0 bridgehead atoms. The highest BCUT2D eigenvalue weighted by Crippen LogP contribution is 2.42. The van der Waals surface area contributed by atoms with E-state index in [0.29, 0.717) is 18.4 Å². The monoisotopic (exact) mass is 298 g/mol. The molecule has 0 atom stereocenters. The molecule has 4 heteroatoms. The number of hydrogen-bond donors (Lipinski definition) is 0. The Hall–Kier alpha value is -1.86. The molecule has 1 heterocycles. The summed E-state index contributed by atoms with van der Waals surface area (Å²) in [4.78, 5) is 5.36. The Balaban J connectivity index is 1.75. The Labute approximate surface area is 129 Å². The van der Waals surface area contributed by atoms with Crippen LogP contribution in [0.1, 0.15) is 59.7 Å². The van der Waals surface area contributed by atoms with Crippen molar-refractivity contribution in [2.24, 2.45) is 0 Å². The molecule has 0 radical (unpaired) electrons. The van der Waals surface area contributed by atoms with Gasteiger partial charge in [-0.3, -0.25) is 0 Å². The van der Waals surface area contributed by atoms with Gasteiger partial charge < -0.3 is 4.74 Å². The van der Waals surface area contributed by atoms with E-state index in [1.165, 1.54) is 16.9 Å². The van der Waals surface area contributed by atoms with E-state index >= 15 is 0 Å². The van der Waals surface area contributed by atoms with E-state index in [1.807, 2.05) is 18.2 Å². The second-order valence-corrected chi connectivity index (χ2v) is 6.77. The van der Waals surface area contributed by atoms with Gasteiger partial charge in [-0.15, -0.1) is 11.3 Å². The molecule has 0 spiro atoms. The van der Waals surface area contributed by atoms with Crippen LogP contribution < -0.4 is 4.74 Å². The van der Waals surface area contributed by atoms with Crippen molar-refractivity contribution in [1.29, 1.82) is 5.26 Å². The first kappa shape index (κ1) is 14.1. The topological polar surface area (TPSA) is 45.9 Å². The Morgan fingerprint density at radius 2 is 2.14 bits per heavy atom. The third-order valence-electron chi connectivity index (χ3n) is 3.66. The zero-order valence-corrected chi connectivity index (χ0v) is 13.1. The van der Waals surface area contributed by atoms with Gasteiger partial charge in [0.1, 0.15) is 28.3 Å². The van der Waals surface area contributed by atoms with Crippen LogP contribution in [-0.4, -0.2) is 4.98 Å². The van der Waals surface area contributed by atoms with Crippen molar-refractivity contribution in [3.8, 4) is 11.8 Å². The first-order chi connectivity index (χ1) is 10.2. The van der Waals surface area contributed by atoms with Crippen LogP contribution in [0, 0.1) is 11.3 Å². The van der Waals surface area contributed by atoms with Gasteiger partial charge in [0.2, 0.25) is 0 Å². The molecule has 0 N–H and O–H groups in total. The van der Waals surface area contributed by atoms with Crippen LogP contribution in [0.4, 0.5) is 0 Å². The van der Waals surface area contributed by atoms with Crippen molar-refractivity contribution in [3.05, 3.63) is 45.4 Å². The van der Waals surface area contributed by atoms with Gasteiger partial charge in [0.05, 0.1) is 5.69 Å². The average molecular weight is 298 g/mol. The highest BCUT2D eigenvalue weighted by atomic mass is 32.1. The lowest BCUT2D eigenvalue weighted by Gasteiger charge is -2.12. The minimum atomic E-state index is 0.425. The highest BCUT2D eigenvalue weighted by Gasteiger charge is 2.29. The van der Waals surface area contributed by atoms with Crippen molar-refractivity contribution in [1.82, 2.24) is 4.98 Å². The molecule has 0 aliphatic heterocycles. The summed E-state index contributed by atoms with van der Waals surface area (Å²) >= 11 is 1.46. The third kappa shape index (κ3) is 3.08. The summed E-state index contributed by atoms with van der Waals surface area (Å²) in [6, 6.07) is 10.4. The fourth-order valence-electron chi connectivity index (χ4n) is 2.38. The lowest BCUT2D eigenvalue weighted by atomic mass is 10.0. The lowest BCUT2D eigenvalue weighted by molar-refractivity contribution is 0.301. The number of thiazole rings is 1. The SMILES string of the molecule is CC(C)c1ccccc1OCc1nc(C2CC2)c(C#N)s1. The number of hydrogen-bond acceptors (Lipinski definition) is 4. The standard InChI is InChI=1S/C17H18N2OS/c1-11(2)13-5-3-4-6-14(13)20-10-16-19-17(12-7-8-12)15(9-18)21-16/h3-6,11-12H,7-8,10H2,1-2H3. The first-order valence-electron chi connectivity index (χ1n) is 7.30. The smallest absolute Gasteiger partial charge is 0.140 e. The van der Waals surface area contributed by atoms with Crippen molar-refractivity contribution in [2.45, 2.75) is 45.1 Å². The molecule has 108 valence electrons. The Morgan fingerprint density at radius 1 is 1.38 bits per heavy atom. The van der Waals surface area contributed by atoms with Crippen molar-refractivity contribution in [2.75, 3.05) is 0 Å².